The van der Waals surface area contributed by atoms with Gasteiger partial charge in [0.25, 0.3) is 6.01 Å². The number of aromatic nitrogens is 2. The summed E-state index contributed by atoms with van der Waals surface area (Å²) in [4.78, 5) is 19.0. The van der Waals surface area contributed by atoms with Crippen LogP contribution in [0.1, 0.15) is 39.2 Å². The van der Waals surface area contributed by atoms with E-state index in [1.165, 1.54) is 0 Å². The van der Waals surface area contributed by atoms with Crippen molar-refractivity contribution in [1.82, 2.24) is 14.5 Å². The lowest BCUT2D eigenvalue weighted by atomic mass is 10.1. The van der Waals surface area contributed by atoms with Crippen LogP contribution >= 0.6 is 23.2 Å². The van der Waals surface area contributed by atoms with E-state index in [2.05, 4.69) is 0 Å². The summed E-state index contributed by atoms with van der Waals surface area (Å²) in [6.45, 7) is 7.22. The van der Waals surface area contributed by atoms with Gasteiger partial charge in [-0.2, -0.15) is 4.98 Å². The third-order valence-electron chi connectivity index (χ3n) is 5.27. The molecule has 2 heterocycles. The molecular weight excluding hydrogens is 449 g/mol. The van der Waals surface area contributed by atoms with Gasteiger partial charge in [-0.1, -0.05) is 41.4 Å². The first kappa shape index (κ1) is 22.7. The fourth-order valence-electron chi connectivity index (χ4n) is 3.79. The molecule has 1 amide bonds. The third kappa shape index (κ3) is 5.30. The zero-order valence-electron chi connectivity index (χ0n) is 18.5. The third-order valence-corrected chi connectivity index (χ3v) is 5.85. The summed E-state index contributed by atoms with van der Waals surface area (Å²) >= 11 is 12.5. The van der Waals surface area contributed by atoms with Crippen LogP contribution in [0, 0.1) is 0 Å². The smallest absolute Gasteiger partial charge is 0.410 e. The van der Waals surface area contributed by atoms with Crippen LogP contribution in [-0.2, 0) is 11.3 Å². The molecule has 1 aliphatic heterocycles. The first-order valence-corrected chi connectivity index (χ1v) is 11.5. The normalized spacial score (nSPS) is 16.9. The Labute approximate surface area is 198 Å². The molecule has 1 aliphatic rings. The lowest BCUT2D eigenvalue weighted by Gasteiger charge is -2.34. The maximum Gasteiger partial charge on any atom is 0.410 e. The number of piperidine rings is 1. The summed E-state index contributed by atoms with van der Waals surface area (Å²) in [6.07, 6.45) is 1.19. The van der Waals surface area contributed by atoms with E-state index in [9.17, 15) is 4.79 Å². The van der Waals surface area contributed by atoms with E-state index in [1.807, 2.05) is 61.7 Å². The van der Waals surface area contributed by atoms with E-state index in [0.29, 0.717) is 35.7 Å². The highest BCUT2D eigenvalue weighted by molar-refractivity contribution is 6.35. The summed E-state index contributed by atoms with van der Waals surface area (Å²) in [5, 5.41) is 1.19. The molecule has 8 heteroatoms. The Morgan fingerprint density at radius 2 is 1.97 bits per heavy atom. The highest BCUT2D eigenvalue weighted by Crippen LogP contribution is 2.28. The van der Waals surface area contributed by atoms with Crippen molar-refractivity contribution in [3.63, 3.8) is 0 Å². The first-order valence-electron chi connectivity index (χ1n) is 10.7. The van der Waals surface area contributed by atoms with Crippen molar-refractivity contribution in [2.75, 3.05) is 13.1 Å². The molecule has 6 nitrogen and oxygen atoms in total. The highest BCUT2D eigenvalue weighted by atomic mass is 35.5. The summed E-state index contributed by atoms with van der Waals surface area (Å²) in [5.41, 5.74) is 2.18. The Morgan fingerprint density at radius 1 is 1.19 bits per heavy atom. The Balaban J connectivity index is 1.57. The second-order valence-corrected chi connectivity index (χ2v) is 9.86. The van der Waals surface area contributed by atoms with Crippen LogP contribution in [0.25, 0.3) is 11.0 Å². The number of nitrogens with zero attached hydrogens (tertiary/aromatic N) is 3. The largest absolute Gasteiger partial charge is 0.459 e. The molecule has 4 rings (SSSR count). The van der Waals surface area contributed by atoms with Gasteiger partial charge in [0.05, 0.1) is 24.1 Å². The summed E-state index contributed by atoms with van der Waals surface area (Å²) in [7, 11) is 0. The number of hydrogen-bond donors (Lipinski definition) is 0. The maximum atomic E-state index is 12.5. The van der Waals surface area contributed by atoms with Gasteiger partial charge in [0, 0.05) is 16.6 Å². The van der Waals surface area contributed by atoms with Crippen molar-refractivity contribution in [1.29, 1.82) is 0 Å². The van der Waals surface area contributed by atoms with Crippen molar-refractivity contribution in [3.8, 4) is 6.01 Å². The lowest BCUT2D eigenvalue weighted by molar-refractivity contribution is 0.00626. The molecule has 1 atom stereocenters. The summed E-state index contributed by atoms with van der Waals surface area (Å²) < 4.78 is 13.9. The Morgan fingerprint density at radius 3 is 2.72 bits per heavy atom. The van der Waals surface area contributed by atoms with Crippen LogP contribution in [0.5, 0.6) is 6.01 Å². The van der Waals surface area contributed by atoms with Crippen LogP contribution in [0.3, 0.4) is 0 Å². The Hall–Kier alpha value is -2.44. The molecule has 0 spiro atoms. The summed E-state index contributed by atoms with van der Waals surface area (Å²) in [5.74, 6) is 0. The second kappa shape index (κ2) is 9.20. The molecule has 32 heavy (non-hydrogen) atoms. The van der Waals surface area contributed by atoms with Crippen LogP contribution in [0.15, 0.2) is 42.5 Å². The number of imidazole rings is 1. The highest BCUT2D eigenvalue weighted by Gasteiger charge is 2.29. The van der Waals surface area contributed by atoms with Crippen molar-refractivity contribution >= 4 is 40.3 Å². The van der Waals surface area contributed by atoms with Gasteiger partial charge >= 0.3 is 6.09 Å². The molecule has 1 saturated heterocycles. The van der Waals surface area contributed by atoms with Gasteiger partial charge in [0.2, 0.25) is 0 Å². The quantitative estimate of drug-likeness (QED) is 0.452. The predicted molar refractivity (Wildman–Crippen MR) is 127 cm³/mol. The van der Waals surface area contributed by atoms with Gasteiger partial charge in [0.1, 0.15) is 11.7 Å². The second-order valence-electron chi connectivity index (χ2n) is 9.01. The van der Waals surface area contributed by atoms with Gasteiger partial charge in [-0.25, -0.2) is 4.79 Å². The molecule has 2 aromatic carbocycles. The SMILES string of the molecule is CC(C)(C)OC(=O)N1CCCC(Oc2nc3ccccc3n2Cc2ccc(Cl)cc2Cl)C1. The van der Waals surface area contributed by atoms with Crippen LogP contribution < -0.4 is 4.74 Å². The van der Waals surface area contributed by atoms with E-state index >= 15 is 0 Å². The van der Waals surface area contributed by atoms with Crippen LogP contribution in [-0.4, -0.2) is 45.3 Å². The molecule has 0 radical (unpaired) electrons. The fraction of sp³-hybridized carbons (Fsp3) is 0.417. The molecular formula is C24H27Cl2N3O3. The number of carbonyl (C=O) groups excluding carboxylic acids is 1. The lowest BCUT2D eigenvalue weighted by Crippen LogP contribution is -2.46. The predicted octanol–water partition coefficient (Wildman–Crippen LogP) is 6.17. The number of amides is 1. The number of fused-ring (bicyclic) bond motifs is 1. The Kier molecular flexibility index (Phi) is 6.54. The van der Waals surface area contributed by atoms with Crippen molar-refractivity contribution in [3.05, 3.63) is 58.1 Å². The monoisotopic (exact) mass is 475 g/mol. The number of rotatable bonds is 4. The first-order chi connectivity index (χ1) is 15.2. The zero-order chi connectivity index (χ0) is 22.9. The number of benzene rings is 2. The molecule has 1 fully saturated rings. The Bertz CT molecular complexity index is 1120. The van der Waals surface area contributed by atoms with E-state index in [0.717, 1.165) is 29.4 Å². The van der Waals surface area contributed by atoms with Crippen LogP contribution in [0.2, 0.25) is 10.0 Å². The average molecular weight is 476 g/mol. The molecule has 0 N–H and O–H groups in total. The van der Waals surface area contributed by atoms with E-state index < -0.39 is 5.60 Å². The minimum Gasteiger partial charge on any atom is -0.459 e. The molecule has 170 valence electrons. The number of likely N-dealkylation sites (tertiary alicyclic amines) is 1. The topological polar surface area (TPSA) is 56.6 Å². The van der Waals surface area contributed by atoms with E-state index in [-0.39, 0.29) is 12.2 Å². The molecule has 1 unspecified atom stereocenters. The zero-order valence-corrected chi connectivity index (χ0v) is 20.0. The number of carbonyl (C=O) groups is 1. The molecule has 0 bridgehead atoms. The van der Waals surface area contributed by atoms with Gasteiger partial charge < -0.3 is 14.4 Å². The van der Waals surface area contributed by atoms with Gasteiger partial charge in [-0.3, -0.25) is 4.57 Å². The minimum atomic E-state index is -0.531. The van der Waals surface area contributed by atoms with E-state index in [1.54, 1.807) is 11.0 Å². The minimum absolute atomic E-state index is 0.174. The van der Waals surface area contributed by atoms with Gasteiger partial charge in [-0.15, -0.1) is 0 Å². The molecule has 3 aromatic rings. The number of para-hydroxylation sites is 2. The number of halogens is 2. The van der Waals surface area contributed by atoms with Crippen molar-refractivity contribution in [2.45, 2.75) is 51.9 Å². The molecule has 0 saturated carbocycles. The number of hydrogen-bond acceptors (Lipinski definition) is 4. The maximum absolute atomic E-state index is 12.5. The van der Waals surface area contributed by atoms with Crippen molar-refractivity contribution in [2.24, 2.45) is 0 Å². The molecule has 0 aliphatic carbocycles. The summed E-state index contributed by atoms with van der Waals surface area (Å²) in [6, 6.07) is 13.9. The van der Waals surface area contributed by atoms with Crippen LogP contribution in [0.4, 0.5) is 4.79 Å². The number of ether oxygens (including phenoxy) is 2. The van der Waals surface area contributed by atoms with Crippen molar-refractivity contribution < 1.29 is 14.3 Å². The van der Waals surface area contributed by atoms with Gasteiger partial charge in [0.15, 0.2) is 0 Å². The molecule has 1 aromatic heterocycles. The standard InChI is InChI=1S/C24H27Cl2N3O3/c1-24(2,3)32-23(30)28-12-6-7-18(15-28)31-22-27-20-8-4-5-9-21(20)29(22)14-16-10-11-17(25)13-19(16)26/h4-5,8-11,13,18H,6-7,12,14-15H2,1-3H3. The van der Waals surface area contributed by atoms with Gasteiger partial charge in [-0.05, 0) is 63.4 Å². The van der Waals surface area contributed by atoms with E-state index in [4.69, 9.17) is 37.7 Å². The average Bonchev–Trinajstić information content (AvgIpc) is 3.06. The fourth-order valence-corrected chi connectivity index (χ4v) is 4.26.